The molecule has 0 saturated heterocycles. The van der Waals surface area contributed by atoms with Crippen molar-refractivity contribution in [3.63, 3.8) is 0 Å². The van der Waals surface area contributed by atoms with Gasteiger partial charge in [0, 0.05) is 13.2 Å². The van der Waals surface area contributed by atoms with Crippen LogP contribution in [0.4, 0.5) is 0 Å². The van der Waals surface area contributed by atoms with E-state index in [2.05, 4.69) is 10.3 Å². The summed E-state index contributed by atoms with van der Waals surface area (Å²) in [7, 11) is 1.64. The maximum absolute atomic E-state index is 9.30. The van der Waals surface area contributed by atoms with Crippen molar-refractivity contribution in [1.29, 1.82) is 0 Å². The van der Waals surface area contributed by atoms with Gasteiger partial charge in [-0.3, -0.25) is 0 Å². The topological polar surface area (TPSA) is 60.2 Å². The molecule has 0 atom stereocenters. The molecule has 0 aliphatic rings. The Kier molecular flexibility index (Phi) is 2.32. The van der Waals surface area contributed by atoms with E-state index in [0.29, 0.717) is 13.2 Å². The first-order chi connectivity index (χ1) is 6.81. The first kappa shape index (κ1) is 8.96. The molecule has 0 radical (unpaired) electrons. The van der Waals surface area contributed by atoms with E-state index in [1.54, 1.807) is 30.0 Å². The van der Waals surface area contributed by atoms with Gasteiger partial charge in [0.05, 0.1) is 18.7 Å². The third kappa shape index (κ3) is 1.54. The maximum atomic E-state index is 9.30. The van der Waals surface area contributed by atoms with Crippen LogP contribution in [0.1, 0.15) is 0 Å². The number of aromatic hydroxyl groups is 1. The molecule has 0 aliphatic heterocycles. The SMILES string of the molecule is COCCn1nnc2ccc(O)cc21. The second-order valence-electron chi connectivity index (χ2n) is 2.98. The molecule has 5 heteroatoms. The fraction of sp³-hybridized carbons (Fsp3) is 0.333. The van der Waals surface area contributed by atoms with Crippen LogP contribution in [0.2, 0.25) is 0 Å². The largest absolute Gasteiger partial charge is 0.508 e. The highest BCUT2D eigenvalue weighted by atomic mass is 16.5. The van der Waals surface area contributed by atoms with E-state index in [-0.39, 0.29) is 5.75 Å². The van der Waals surface area contributed by atoms with Gasteiger partial charge >= 0.3 is 0 Å². The summed E-state index contributed by atoms with van der Waals surface area (Å²) in [5.74, 6) is 0.221. The van der Waals surface area contributed by atoms with Gasteiger partial charge in [0.2, 0.25) is 0 Å². The van der Waals surface area contributed by atoms with Crippen molar-refractivity contribution < 1.29 is 9.84 Å². The van der Waals surface area contributed by atoms with Crippen LogP contribution in [0.15, 0.2) is 18.2 Å². The Morgan fingerprint density at radius 3 is 3.14 bits per heavy atom. The lowest BCUT2D eigenvalue weighted by Crippen LogP contribution is -2.05. The van der Waals surface area contributed by atoms with Crippen LogP contribution in [-0.4, -0.2) is 33.8 Å². The molecule has 0 saturated carbocycles. The highest BCUT2D eigenvalue weighted by Crippen LogP contribution is 2.17. The molecule has 0 amide bonds. The number of phenols is 1. The monoisotopic (exact) mass is 193 g/mol. The van der Waals surface area contributed by atoms with Gasteiger partial charge in [0.1, 0.15) is 11.3 Å². The predicted molar refractivity (Wildman–Crippen MR) is 51.1 cm³/mol. The zero-order valence-electron chi connectivity index (χ0n) is 7.84. The molecular formula is C9H11N3O2. The normalized spacial score (nSPS) is 10.9. The number of methoxy groups -OCH3 is 1. The lowest BCUT2D eigenvalue weighted by atomic mass is 10.3. The smallest absolute Gasteiger partial charge is 0.117 e. The van der Waals surface area contributed by atoms with Gasteiger partial charge in [-0.25, -0.2) is 4.68 Å². The number of fused-ring (bicyclic) bond motifs is 1. The second kappa shape index (κ2) is 3.63. The van der Waals surface area contributed by atoms with Gasteiger partial charge in [-0.2, -0.15) is 0 Å². The molecule has 0 fully saturated rings. The summed E-state index contributed by atoms with van der Waals surface area (Å²) in [4.78, 5) is 0. The van der Waals surface area contributed by atoms with Crippen LogP contribution in [-0.2, 0) is 11.3 Å². The van der Waals surface area contributed by atoms with Gasteiger partial charge in [-0.15, -0.1) is 5.10 Å². The highest BCUT2D eigenvalue weighted by molar-refractivity contribution is 5.75. The molecule has 74 valence electrons. The number of ether oxygens (including phenoxy) is 1. The standard InChI is InChI=1S/C9H11N3O2/c1-14-5-4-12-9-6-7(13)2-3-8(9)10-11-12/h2-3,6,13H,4-5H2,1H3. The minimum atomic E-state index is 0.221. The van der Waals surface area contributed by atoms with Crippen LogP contribution in [0.3, 0.4) is 0 Å². The molecule has 2 aromatic rings. The van der Waals surface area contributed by atoms with E-state index < -0.39 is 0 Å². The highest BCUT2D eigenvalue weighted by Gasteiger charge is 2.04. The van der Waals surface area contributed by atoms with Gasteiger partial charge < -0.3 is 9.84 Å². The third-order valence-corrected chi connectivity index (χ3v) is 2.00. The van der Waals surface area contributed by atoms with E-state index in [4.69, 9.17) is 4.74 Å². The summed E-state index contributed by atoms with van der Waals surface area (Å²) >= 11 is 0. The van der Waals surface area contributed by atoms with Crippen molar-refractivity contribution in [3.05, 3.63) is 18.2 Å². The number of hydrogen-bond acceptors (Lipinski definition) is 4. The van der Waals surface area contributed by atoms with Crippen LogP contribution < -0.4 is 0 Å². The number of benzene rings is 1. The average molecular weight is 193 g/mol. The summed E-state index contributed by atoms with van der Waals surface area (Å²) < 4.78 is 6.65. The first-order valence-corrected chi connectivity index (χ1v) is 4.32. The number of aromatic nitrogens is 3. The second-order valence-corrected chi connectivity index (χ2v) is 2.98. The summed E-state index contributed by atoms with van der Waals surface area (Å²) in [5, 5.41) is 17.2. The summed E-state index contributed by atoms with van der Waals surface area (Å²) in [6.45, 7) is 1.21. The van der Waals surface area contributed by atoms with Crippen LogP contribution in [0.5, 0.6) is 5.75 Å². The Bertz CT molecular complexity index is 439. The van der Waals surface area contributed by atoms with E-state index in [0.717, 1.165) is 11.0 Å². The number of rotatable bonds is 3. The summed E-state index contributed by atoms with van der Waals surface area (Å²) in [6.07, 6.45) is 0. The van der Waals surface area contributed by atoms with Gasteiger partial charge in [0.15, 0.2) is 0 Å². The number of phenolic OH excluding ortho intramolecular Hbond substituents is 1. The molecule has 0 aliphatic carbocycles. The molecule has 0 bridgehead atoms. The Labute approximate surface area is 80.9 Å². The molecule has 5 nitrogen and oxygen atoms in total. The van der Waals surface area contributed by atoms with E-state index in [1.165, 1.54) is 0 Å². The van der Waals surface area contributed by atoms with Crippen LogP contribution in [0, 0.1) is 0 Å². The molecule has 1 aromatic heterocycles. The molecule has 1 N–H and O–H groups in total. The third-order valence-electron chi connectivity index (χ3n) is 2.00. The first-order valence-electron chi connectivity index (χ1n) is 4.32. The maximum Gasteiger partial charge on any atom is 0.117 e. The van der Waals surface area contributed by atoms with Gasteiger partial charge in [-0.05, 0) is 12.1 Å². The molecule has 1 aromatic carbocycles. The van der Waals surface area contributed by atoms with Crippen molar-refractivity contribution in [2.75, 3.05) is 13.7 Å². The van der Waals surface area contributed by atoms with Gasteiger partial charge in [0.25, 0.3) is 0 Å². The molecule has 0 unspecified atom stereocenters. The fourth-order valence-corrected chi connectivity index (χ4v) is 1.30. The predicted octanol–water partition coefficient (Wildman–Crippen LogP) is 0.783. The number of hydrogen-bond donors (Lipinski definition) is 1. The Hall–Kier alpha value is -1.62. The van der Waals surface area contributed by atoms with Crippen LogP contribution >= 0.6 is 0 Å². The Morgan fingerprint density at radius 1 is 1.50 bits per heavy atom. The Balaban J connectivity index is 2.40. The van der Waals surface area contributed by atoms with E-state index in [1.807, 2.05) is 0 Å². The minimum Gasteiger partial charge on any atom is -0.508 e. The fourth-order valence-electron chi connectivity index (χ4n) is 1.30. The molecular weight excluding hydrogens is 182 g/mol. The average Bonchev–Trinajstić information content (AvgIpc) is 2.57. The van der Waals surface area contributed by atoms with Crippen molar-refractivity contribution in [3.8, 4) is 5.75 Å². The van der Waals surface area contributed by atoms with Crippen molar-refractivity contribution >= 4 is 11.0 Å². The van der Waals surface area contributed by atoms with Crippen molar-refractivity contribution in [2.45, 2.75) is 6.54 Å². The molecule has 1 heterocycles. The Morgan fingerprint density at radius 2 is 2.36 bits per heavy atom. The van der Waals surface area contributed by atoms with E-state index in [9.17, 15) is 5.11 Å². The number of nitrogens with zero attached hydrogens (tertiary/aromatic N) is 3. The molecule has 2 rings (SSSR count). The summed E-state index contributed by atoms with van der Waals surface area (Å²) in [5.41, 5.74) is 1.60. The minimum absolute atomic E-state index is 0.221. The van der Waals surface area contributed by atoms with Gasteiger partial charge in [-0.1, -0.05) is 5.21 Å². The van der Waals surface area contributed by atoms with E-state index >= 15 is 0 Å². The summed E-state index contributed by atoms with van der Waals surface area (Å²) in [6, 6.07) is 4.98. The van der Waals surface area contributed by atoms with Crippen LogP contribution in [0.25, 0.3) is 11.0 Å². The van der Waals surface area contributed by atoms with Crippen molar-refractivity contribution in [1.82, 2.24) is 15.0 Å². The zero-order valence-corrected chi connectivity index (χ0v) is 7.84. The quantitative estimate of drug-likeness (QED) is 0.782. The lowest BCUT2D eigenvalue weighted by Gasteiger charge is -2.00. The molecule has 0 spiro atoms. The van der Waals surface area contributed by atoms with Crippen molar-refractivity contribution in [2.24, 2.45) is 0 Å². The zero-order chi connectivity index (χ0) is 9.97. The molecule has 14 heavy (non-hydrogen) atoms. The lowest BCUT2D eigenvalue weighted by molar-refractivity contribution is 0.184.